The van der Waals surface area contributed by atoms with Crippen molar-refractivity contribution >= 4 is 17.3 Å². The van der Waals surface area contributed by atoms with Crippen LogP contribution in [0.2, 0.25) is 0 Å². The van der Waals surface area contributed by atoms with Gasteiger partial charge < -0.3 is 10.1 Å². The molecule has 10 nitrogen and oxygen atoms in total. The highest BCUT2D eigenvalue weighted by Crippen LogP contribution is 2.28. The second-order valence-electron chi connectivity index (χ2n) is 5.88. The summed E-state index contributed by atoms with van der Waals surface area (Å²) in [5.74, 6) is 0.187. The number of nitrogens with zero attached hydrogens (tertiary/aromatic N) is 5. The number of tetrazole rings is 1. The first-order chi connectivity index (χ1) is 13.5. The summed E-state index contributed by atoms with van der Waals surface area (Å²) >= 11 is 0. The summed E-state index contributed by atoms with van der Waals surface area (Å²) in [5, 5.41) is 25.5. The van der Waals surface area contributed by atoms with Gasteiger partial charge in [0.15, 0.2) is 0 Å². The van der Waals surface area contributed by atoms with Crippen LogP contribution in [0.5, 0.6) is 5.75 Å². The molecule has 0 radical (unpaired) electrons. The van der Waals surface area contributed by atoms with Crippen molar-refractivity contribution in [2.45, 2.75) is 19.9 Å². The van der Waals surface area contributed by atoms with E-state index in [9.17, 15) is 14.9 Å². The van der Waals surface area contributed by atoms with E-state index in [0.29, 0.717) is 11.5 Å². The van der Waals surface area contributed by atoms with E-state index in [2.05, 4.69) is 27.7 Å². The van der Waals surface area contributed by atoms with Crippen molar-refractivity contribution < 1.29 is 14.5 Å². The Hall–Kier alpha value is -3.82. The molecule has 0 saturated heterocycles. The molecule has 1 aromatic heterocycles. The van der Waals surface area contributed by atoms with Gasteiger partial charge in [-0.25, -0.2) is 0 Å². The van der Waals surface area contributed by atoms with Crippen LogP contribution in [0.25, 0.3) is 11.4 Å². The lowest BCUT2D eigenvalue weighted by Crippen LogP contribution is -2.20. The second-order valence-corrected chi connectivity index (χ2v) is 5.88. The van der Waals surface area contributed by atoms with Crippen molar-refractivity contribution in [3.8, 4) is 17.1 Å². The molecule has 0 aliphatic rings. The number of nitro benzene ring substituents is 1. The molecule has 3 aromatic rings. The van der Waals surface area contributed by atoms with Crippen LogP contribution in [0.15, 0.2) is 42.5 Å². The molecule has 3 rings (SSSR count). The fourth-order valence-corrected chi connectivity index (χ4v) is 2.53. The zero-order chi connectivity index (χ0) is 20.1. The quantitative estimate of drug-likeness (QED) is 0.491. The number of anilines is 1. The van der Waals surface area contributed by atoms with Crippen LogP contribution >= 0.6 is 0 Å². The first-order valence-corrected chi connectivity index (χ1v) is 8.49. The van der Waals surface area contributed by atoms with Crippen LogP contribution in [0.1, 0.15) is 12.5 Å². The zero-order valence-electron chi connectivity index (χ0n) is 15.3. The molecule has 0 unspecified atom stereocenters. The van der Waals surface area contributed by atoms with Gasteiger partial charge in [-0.1, -0.05) is 31.2 Å². The Balaban J connectivity index is 1.68. The van der Waals surface area contributed by atoms with Crippen molar-refractivity contribution in [3.63, 3.8) is 0 Å². The molecule has 0 saturated carbocycles. The van der Waals surface area contributed by atoms with E-state index in [4.69, 9.17) is 4.74 Å². The maximum Gasteiger partial charge on any atom is 0.273 e. The number of rotatable bonds is 7. The fourth-order valence-electron chi connectivity index (χ4n) is 2.53. The van der Waals surface area contributed by atoms with Gasteiger partial charge in [-0.3, -0.25) is 14.9 Å². The van der Waals surface area contributed by atoms with Crippen molar-refractivity contribution in [2.75, 3.05) is 12.4 Å². The highest BCUT2D eigenvalue weighted by atomic mass is 16.6. The summed E-state index contributed by atoms with van der Waals surface area (Å²) < 4.78 is 5.10. The number of benzene rings is 2. The number of hydrogen-bond acceptors (Lipinski definition) is 7. The van der Waals surface area contributed by atoms with E-state index >= 15 is 0 Å². The smallest absolute Gasteiger partial charge is 0.273 e. The van der Waals surface area contributed by atoms with Crippen molar-refractivity contribution in [3.05, 3.63) is 58.1 Å². The highest BCUT2D eigenvalue weighted by molar-refractivity contribution is 5.92. The second kappa shape index (κ2) is 8.25. The molecule has 1 amide bonds. The third-order valence-corrected chi connectivity index (χ3v) is 4.03. The molecule has 0 fully saturated rings. The van der Waals surface area contributed by atoms with Gasteiger partial charge >= 0.3 is 0 Å². The van der Waals surface area contributed by atoms with Crippen molar-refractivity contribution in [1.82, 2.24) is 20.2 Å². The van der Waals surface area contributed by atoms with Crippen molar-refractivity contribution in [2.24, 2.45) is 0 Å². The Morgan fingerprint density at radius 2 is 2.00 bits per heavy atom. The number of methoxy groups -OCH3 is 1. The minimum Gasteiger partial charge on any atom is -0.494 e. The average Bonchev–Trinajstić information content (AvgIpc) is 3.16. The predicted molar refractivity (Wildman–Crippen MR) is 101 cm³/mol. The normalized spacial score (nSPS) is 10.5. The molecule has 10 heteroatoms. The summed E-state index contributed by atoms with van der Waals surface area (Å²) in [7, 11) is 1.36. The van der Waals surface area contributed by atoms with E-state index in [1.54, 1.807) is 0 Å². The first kappa shape index (κ1) is 19.0. The van der Waals surface area contributed by atoms with E-state index in [-0.39, 0.29) is 18.0 Å². The summed E-state index contributed by atoms with van der Waals surface area (Å²) in [6.45, 7) is 1.91. The van der Waals surface area contributed by atoms with Gasteiger partial charge in [-0.05, 0) is 23.3 Å². The number of carbonyl (C=O) groups excluding carboxylic acids is 1. The molecule has 1 heterocycles. The number of aromatic nitrogens is 4. The van der Waals surface area contributed by atoms with Gasteiger partial charge in [0, 0.05) is 11.6 Å². The van der Waals surface area contributed by atoms with Gasteiger partial charge in [0.2, 0.25) is 11.7 Å². The topological polar surface area (TPSA) is 125 Å². The molecule has 1 N–H and O–H groups in total. The van der Waals surface area contributed by atoms with Crippen LogP contribution in [-0.2, 0) is 17.8 Å². The molecule has 0 bridgehead atoms. The lowest BCUT2D eigenvalue weighted by atomic mass is 10.1. The van der Waals surface area contributed by atoms with Crippen LogP contribution in [0.3, 0.4) is 0 Å². The molecule has 2 aromatic carbocycles. The molecule has 144 valence electrons. The van der Waals surface area contributed by atoms with E-state index in [1.165, 1.54) is 35.7 Å². The summed E-state index contributed by atoms with van der Waals surface area (Å²) in [5.41, 5.74) is 2.19. The maximum atomic E-state index is 12.3. The molecule has 0 aliphatic carbocycles. The summed E-state index contributed by atoms with van der Waals surface area (Å²) in [6.07, 6.45) is 0.937. The predicted octanol–water partition coefficient (Wildman–Crippen LogP) is 2.46. The summed E-state index contributed by atoms with van der Waals surface area (Å²) in [4.78, 5) is 23.7. The number of non-ortho nitro benzene ring substituents is 1. The van der Waals surface area contributed by atoms with Gasteiger partial charge in [0.05, 0.1) is 23.8 Å². The lowest BCUT2D eigenvalue weighted by molar-refractivity contribution is -0.384. The minimum absolute atomic E-state index is 0.133. The van der Waals surface area contributed by atoms with Gasteiger partial charge in [0.1, 0.15) is 12.3 Å². The zero-order valence-corrected chi connectivity index (χ0v) is 15.3. The Kier molecular flexibility index (Phi) is 5.58. The molecule has 28 heavy (non-hydrogen) atoms. The number of carbonyl (C=O) groups is 1. The average molecular weight is 382 g/mol. The molecule has 0 atom stereocenters. The SMILES string of the molecule is CCc1ccc(-c2nnn(CC(=O)Nc3ccc([N+](=O)[O-])cc3OC)n2)cc1. The Labute approximate surface area is 160 Å². The van der Waals surface area contributed by atoms with Gasteiger partial charge in [0.25, 0.3) is 5.69 Å². The van der Waals surface area contributed by atoms with Gasteiger partial charge in [-0.2, -0.15) is 4.80 Å². The first-order valence-electron chi connectivity index (χ1n) is 8.49. The third-order valence-electron chi connectivity index (χ3n) is 4.03. The molecule has 0 aliphatic heterocycles. The van der Waals surface area contributed by atoms with Crippen LogP contribution in [0.4, 0.5) is 11.4 Å². The standard InChI is InChI=1S/C18H18N6O4/c1-3-12-4-6-13(7-5-12)18-20-22-23(21-18)11-17(25)19-15-9-8-14(24(26)27)10-16(15)28-2/h4-10H,3,11H2,1-2H3,(H,19,25). The Morgan fingerprint density at radius 3 is 2.64 bits per heavy atom. The van der Waals surface area contributed by atoms with E-state index in [1.807, 2.05) is 24.3 Å². The minimum atomic E-state index is -0.540. The monoisotopic (exact) mass is 382 g/mol. The lowest BCUT2D eigenvalue weighted by Gasteiger charge is -2.09. The number of amides is 1. The molecular formula is C18H18N6O4. The number of hydrogen-bond donors (Lipinski definition) is 1. The molecular weight excluding hydrogens is 364 g/mol. The van der Waals surface area contributed by atoms with Crippen LogP contribution in [-0.4, -0.2) is 38.1 Å². The number of nitrogens with one attached hydrogen (secondary N) is 1. The van der Waals surface area contributed by atoms with E-state index in [0.717, 1.165) is 12.0 Å². The van der Waals surface area contributed by atoms with E-state index < -0.39 is 10.8 Å². The van der Waals surface area contributed by atoms with Crippen LogP contribution in [0, 0.1) is 10.1 Å². The largest absolute Gasteiger partial charge is 0.494 e. The number of aryl methyl sites for hydroxylation is 1. The molecule has 0 spiro atoms. The van der Waals surface area contributed by atoms with Crippen LogP contribution < -0.4 is 10.1 Å². The number of nitro groups is 1. The number of ether oxygens (including phenoxy) is 1. The third kappa shape index (κ3) is 4.29. The van der Waals surface area contributed by atoms with Gasteiger partial charge in [-0.15, -0.1) is 10.2 Å². The maximum absolute atomic E-state index is 12.3. The Morgan fingerprint density at radius 1 is 1.25 bits per heavy atom. The highest BCUT2D eigenvalue weighted by Gasteiger charge is 2.15. The fraction of sp³-hybridized carbons (Fsp3) is 0.222. The summed E-state index contributed by atoms with van der Waals surface area (Å²) in [6, 6.07) is 11.7. The Bertz CT molecular complexity index is 1000. The van der Waals surface area contributed by atoms with Crippen molar-refractivity contribution in [1.29, 1.82) is 0 Å².